The van der Waals surface area contributed by atoms with Crippen LogP contribution in [0.3, 0.4) is 0 Å². The number of aromatic hydroxyl groups is 1. The fourth-order valence-electron chi connectivity index (χ4n) is 2.81. The molecule has 1 amide bonds. The summed E-state index contributed by atoms with van der Waals surface area (Å²) in [4.78, 5) is 39.9. The molecule has 8 nitrogen and oxygen atoms in total. The summed E-state index contributed by atoms with van der Waals surface area (Å²) in [6.07, 6.45) is 2.82. The van der Waals surface area contributed by atoms with Gasteiger partial charge < -0.3 is 15.5 Å². The van der Waals surface area contributed by atoms with Gasteiger partial charge in [0.2, 0.25) is 5.88 Å². The van der Waals surface area contributed by atoms with Crippen molar-refractivity contribution in [3.8, 4) is 17.3 Å². The largest absolute Gasteiger partial charge is 0.493 e. The van der Waals surface area contributed by atoms with Crippen LogP contribution in [0.1, 0.15) is 29.6 Å². The number of nitrogens with zero attached hydrogens (tertiary/aromatic N) is 2. The number of benzene rings is 1. The molecule has 2 aromatic rings. The molecule has 0 atom stereocenters. The van der Waals surface area contributed by atoms with Crippen molar-refractivity contribution in [1.82, 2.24) is 14.9 Å². The number of aliphatic carboxylic acids is 1. The summed E-state index contributed by atoms with van der Waals surface area (Å²) in [5.74, 6) is -2.58. The average molecular weight is 426 g/mol. The number of carboxylic acids is 1. The molecule has 0 saturated heterocycles. The molecule has 28 heavy (non-hydrogen) atoms. The van der Waals surface area contributed by atoms with Crippen LogP contribution in [0.25, 0.3) is 11.4 Å². The SMILES string of the molecule is O=C(O)CNC(=O)c1c(O)nc(-c2c(Cl)cccc2Cl)n(CCC2CC2)c1=O. The van der Waals surface area contributed by atoms with Gasteiger partial charge in [0.15, 0.2) is 5.56 Å². The topological polar surface area (TPSA) is 122 Å². The van der Waals surface area contributed by atoms with Gasteiger partial charge in [-0.3, -0.25) is 19.0 Å². The third kappa shape index (κ3) is 4.28. The van der Waals surface area contributed by atoms with Gasteiger partial charge in [0, 0.05) is 6.54 Å². The molecule has 3 rings (SSSR count). The van der Waals surface area contributed by atoms with E-state index >= 15 is 0 Å². The Morgan fingerprint density at radius 3 is 2.46 bits per heavy atom. The van der Waals surface area contributed by atoms with Crippen LogP contribution in [-0.4, -0.2) is 38.2 Å². The van der Waals surface area contributed by atoms with E-state index in [0.29, 0.717) is 12.3 Å². The van der Waals surface area contributed by atoms with E-state index in [0.717, 1.165) is 12.8 Å². The number of halogens is 2. The smallest absolute Gasteiger partial charge is 0.322 e. The molecular formula is C18H17Cl2N3O5. The molecule has 1 heterocycles. The van der Waals surface area contributed by atoms with Gasteiger partial charge in [-0.15, -0.1) is 0 Å². The normalized spacial score (nSPS) is 13.4. The molecule has 1 aromatic carbocycles. The highest BCUT2D eigenvalue weighted by atomic mass is 35.5. The van der Waals surface area contributed by atoms with Gasteiger partial charge in [0.1, 0.15) is 12.4 Å². The number of carbonyl (C=O) groups excluding carboxylic acids is 1. The number of aromatic nitrogens is 2. The first kappa shape index (κ1) is 20.2. The van der Waals surface area contributed by atoms with Crippen LogP contribution in [0.15, 0.2) is 23.0 Å². The Balaban J connectivity index is 2.13. The summed E-state index contributed by atoms with van der Waals surface area (Å²) in [7, 11) is 0. The number of carbonyl (C=O) groups is 2. The van der Waals surface area contributed by atoms with E-state index in [1.807, 2.05) is 0 Å². The van der Waals surface area contributed by atoms with E-state index in [9.17, 15) is 19.5 Å². The van der Waals surface area contributed by atoms with Gasteiger partial charge in [0.25, 0.3) is 11.5 Å². The van der Waals surface area contributed by atoms with E-state index in [1.54, 1.807) is 18.2 Å². The average Bonchev–Trinajstić information content (AvgIpc) is 3.43. The predicted octanol–water partition coefficient (Wildman–Crippen LogP) is 2.54. The van der Waals surface area contributed by atoms with Crippen molar-refractivity contribution in [3.63, 3.8) is 0 Å². The Morgan fingerprint density at radius 1 is 1.25 bits per heavy atom. The summed E-state index contributed by atoms with van der Waals surface area (Å²) < 4.78 is 1.25. The molecule has 1 saturated carbocycles. The molecule has 148 valence electrons. The van der Waals surface area contributed by atoms with Gasteiger partial charge in [-0.25, -0.2) is 0 Å². The van der Waals surface area contributed by atoms with Gasteiger partial charge in [-0.05, 0) is 24.5 Å². The zero-order valence-corrected chi connectivity index (χ0v) is 16.1. The second-order valence-corrected chi connectivity index (χ2v) is 7.31. The maximum Gasteiger partial charge on any atom is 0.322 e. The Morgan fingerprint density at radius 2 is 1.89 bits per heavy atom. The standard InChI is InChI=1S/C18H17Cl2N3O5/c19-10-2-1-3-11(20)13(10)15-22-17(27)14(16(26)21-8-12(24)25)18(28)23(15)7-6-9-4-5-9/h1-3,9,27H,4-8H2,(H,21,26)(H,24,25). The first-order chi connectivity index (χ1) is 13.3. The summed E-state index contributed by atoms with van der Waals surface area (Å²) in [6, 6.07) is 4.78. The van der Waals surface area contributed by atoms with Crippen LogP contribution < -0.4 is 10.9 Å². The lowest BCUT2D eigenvalue weighted by Crippen LogP contribution is -2.36. The van der Waals surface area contributed by atoms with Gasteiger partial charge in [-0.2, -0.15) is 4.98 Å². The molecule has 3 N–H and O–H groups in total. The number of rotatable bonds is 7. The highest BCUT2D eigenvalue weighted by molar-refractivity contribution is 6.39. The minimum atomic E-state index is -1.28. The van der Waals surface area contributed by atoms with Crippen molar-refractivity contribution in [2.75, 3.05) is 6.54 Å². The van der Waals surface area contributed by atoms with Crippen LogP contribution in [0, 0.1) is 5.92 Å². The molecule has 0 unspecified atom stereocenters. The highest BCUT2D eigenvalue weighted by Crippen LogP contribution is 2.36. The van der Waals surface area contributed by atoms with Crippen LogP contribution in [-0.2, 0) is 11.3 Å². The zero-order chi connectivity index (χ0) is 20.4. The monoisotopic (exact) mass is 425 g/mol. The first-order valence-electron chi connectivity index (χ1n) is 8.57. The quantitative estimate of drug-likeness (QED) is 0.626. The highest BCUT2D eigenvalue weighted by Gasteiger charge is 2.27. The molecule has 1 fully saturated rings. The van der Waals surface area contributed by atoms with E-state index in [1.165, 1.54) is 4.57 Å². The Bertz CT molecular complexity index is 981. The van der Waals surface area contributed by atoms with Gasteiger partial charge >= 0.3 is 5.97 Å². The Labute approximate surface area is 169 Å². The zero-order valence-electron chi connectivity index (χ0n) is 14.6. The minimum Gasteiger partial charge on any atom is -0.493 e. The first-order valence-corrected chi connectivity index (χ1v) is 9.33. The molecule has 0 radical (unpaired) electrons. The predicted molar refractivity (Wildman–Crippen MR) is 103 cm³/mol. The number of hydrogen-bond acceptors (Lipinski definition) is 5. The number of carboxylic acid groups (broad SMARTS) is 1. The molecule has 1 aliphatic carbocycles. The van der Waals surface area contributed by atoms with Crippen LogP contribution in [0.4, 0.5) is 0 Å². The second kappa shape index (κ2) is 8.20. The molecular weight excluding hydrogens is 409 g/mol. The van der Waals surface area contributed by atoms with Gasteiger partial charge in [0.05, 0.1) is 15.6 Å². The molecule has 1 aliphatic rings. The third-order valence-electron chi connectivity index (χ3n) is 4.42. The van der Waals surface area contributed by atoms with E-state index < -0.39 is 35.4 Å². The van der Waals surface area contributed by atoms with E-state index in [4.69, 9.17) is 28.3 Å². The van der Waals surface area contributed by atoms with Crippen LogP contribution in [0.5, 0.6) is 5.88 Å². The van der Waals surface area contributed by atoms with Crippen molar-refractivity contribution in [3.05, 3.63) is 44.2 Å². The molecule has 0 spiro atoms. The van der Waals surface area contributed by atoms with Crippen LogP contribution in [0.2, 0.25) is 10.0 Å². The van der Waals surface area contributed by atoms with E-state index in [2.05, 4.69) is 10.3 Å². The minimum absolute atomic E-state index is 0.0496. The maximum atomic E-state index is 13.0. The lowest BCUT2D eigenvalue weighted by molar-refractivity contribution is -0.135. The van der Waals surface area contributed by atoms with Crippen molar-refractivity contribution >= 4 is 35.1 Å². The molecule has 0 bridgehead atoms. The number of hydrogen-bond donors (Lipinski definition) is 3. The number of nitrogens with one attached hydrogen (secondary N) is 1. The van der Waals surface area contributed by atoms with Gasteiger partial charge in [-0.1, -0.05) is 42.1 Å². The fraction of sp³-hybridized carbons (Fsp3) is 0.333. The molecule has 1 aromatic heterocycles. The molecule has 10 heteroatoms. The lowest BCUT2D eigenvalue weighted by Gasteiger charge is -2.16. The second-order valence-electron chi connectivity index (χ2n) is 6.50. The van der Waals surface area contributed by atoms with Crippen LogP contribution >= 0.6 is 23.2 Å². The summed E-state index contributed by atoms with van der Waals surface area (Å²) in [5.41, 5.74) is -1.14. The van der Waals surface area contributed by atoms with Crippen molar-refractivity contribution in [2.24, 2.45) is 5.92 Å². The fourth-order valence-corrected chi connectivity index (χ4v) is 3.38. The Kier molecular flexibility index (Phi) is 5.90. The lowest BCUT2D eigenvalue weighted by atomic mass is 10.1. The maximum absolute atomic E-state index is 13.0. The van der Waals surface area contributed by atoms with Crippen molar-refractivity contribution < 1.29 is 19.8 Å². The summed E-state index contributed by atoms with van der Waals surface area (Å²) in [5, 5.41) is 21.5. The van der Waals surface area contributed by atoms with Crippen molar-refractivity contribution in [1.29, 1.82) is 0 Å². The third-order valence-corrected chi connectivity index (χ3v) is 5.05. The Hall–Kier alpha value is -2.58. The molecule has 0 aliphatic heterocycles. The summed E-state index contributed by atoms with van der Waals surface area (Å²) in [6.45, 7) is -0.440. The van der Waals surface area contributed by atoms with E-state index in [-0.39, 0.29) is 28.0 Å². The summed E-state index contributed by atoms with van der Waals surface area (Å²) >= 11 is 12.5. The number of amides is 1. The van der Waals surface area contributed by atoms with Crippen molar-refractivity contribution in [2.45, 2.75) is 25.8 Å².